The Morgan fingerprint density at radius 2 is 2.12 bits per heavy atom. The van der Waals surface area contributed by atoms with Crippen molar-refractivity contribution in [2.24, 2.45) is 0 Å². The predicted octanol–water partition coefficient (Wildman–Crippen LogP) is 3.05. The van der Waals surface area contributed by atoms with Crippen molar-refractivity contribution in [3.05, 3.63) is 29.6 Å². The summed E-state index contributed by atoms with van der Waals surface area (Å²) in [5.41, 5.74) is 0.631. The van der Waals surface area contributed by atoms with Crippen LogP contribution in [0.3, 0.4) is 0 Å². The summed E-state index contributed by atoms with van der Waals surface area (Å²) >= 11 is 0. The fourth-order valence-electron chi connectivity index (χ4n) is 2.29. The van der Waals surface area contributed by atoms with Gasteiger partial charge in [0.1, 0.15) is 6.61 Å². The van der Waals surface area contributed by atoms with Crippen molar-refractivity contribution >= 4 is 0 Å². The van der Waals surface area contributed by atoms with Gasteiger partial charge in [-0.3, -0.25) is 0 Å². The first-order valence-electron chi connectivity index (χ1n) is 6.38. The van der Waals surface area contributed by atoms with Crippen LogP contribution in [0.25, 0.3) is 0 Å². The van der Waals surface area contributed by atoms with Crippen LogP contribution >= 0.6 is 0 Å². The van der Waals surface area contributed by atoms with Gasteiger partial charge in [-0.25, -0.2) is 4.39 Å². The molecule has 0 aliphatic heterocycles. The molecule has 1 aromatic carbocycles. The summed E-state index contributed by atoms with van der Waals surface area (Å²) in [6.45, 7) is 3.06. The quantitative estimate of drug-likeness (QED) is 0.795. The second-order valence-electron chi connectivity index (χ2n) is 4.67. The van der Waals surface area contributed by atoms with Crippen LogP contribution in [0, 0.1) is 12.7 Å². The highest BCUT2D eigenvalue weighted by atomic mass is 19.1. The van der Waals surface area contributed by atoms with Crippen LogP contribution < -0.4 is 10.1 Å². The largest absolute Gasteiger partial charge is 0.489 e. The van der Waals surface area contributed by atoms with Crippen LogP contribution in [-0.2, 0) is 0 Å². The lowest BCUT2D eigenvalue weighted by Crippen LogP contribution is -2.30. The Hall–Kier alpha value is -1.09. The molecule has 0 amide bonds. The van der Waals surface area contributed by atoms with E-state index in [1.807, 2.05) is 6.07 Å². The number of halogens is 1. The number of rotatable bonds is 5. The first-order valence-corrected chi connectivity index (χ1v) is 6.38. The zero-order chi connectivity index (χ0) is 12.1. The lowest BCUT2D eigenvalue weighted by Gasteiger charge is -2.13. The van der Waals surface area contributed by atoms with Gasteiger partial charge in [0.2, 0.25) is 0 Å². The molecule has 2 nitrogen and oxygen atoms in total. The molecular weight excluding hydrogens is 217 g/mol. The highest BCUT2D eigenvalue weighted by Gasteiger charge is 2.13. The first kappa shape index (κ1) is 12.4. The van der Waals surface area contributed by atoms with E-state index in [1.54, 1.807) is 19.1 Å². The van der Waals surface area contributed by atoms with Crippen LogP contribution in [-0.4, -0.2) is 19.2 Å². The molecule has 1 saturated carbocycles. The van der Waals surface area contributed by atoms with E-state index in [4.69, 9.17) is 4.74 Å². The molecule has 0 aromatic heterocycles. The Labute approximate surface area is 102 Å². The summed E-state index contributed by atoms with van der Waals surface area (Å²) in [7, 11) is 0. The van der Waals surface area contributed by atoms with E-state index in [9.17, 15) is 4.39 Å². The average Bonchev–Trinajstić information content (AvgIpc) is 2.83. The van der Waals surface area contributed by atoms with Gasteiger partial charge in [0.25, 0.3) is 0 Å². The number of ether oxygens (including phenoxy) is 1. The molecular formula is C14H20FNO. The SMILES string of the molecule is Cc1cccc(OCCNC2CCCC2)c1F. The van der Waals surface area contributed by atoms with E-state index in [0.29, 0.717) is 24.0 Å². The van der Waals surface area contributed by atoms with Gasteiger partial charge in [-0.05, 0) is 31.4 Å². The van der Waals surface area contributed by atoms with Crippen molar-refractivity contribution in [2.45, 2.75) is 38.6 Å². The molecule has 0 bridgehead atoms. The van der Waals surface area contributed by atoms with Gasteiger partial charge in [-0.15, -0.1) is 0 Å². The van der Waals surface area contributed by atoms with Crippen molar-refractivity contribution in [3.63, 3.8) is 0 Å². The summed E-state index contributed by atoms with van der Waals surface area (Å²) in [5, 5.41) is 3.44. The molecule has 0 unspecified atom stereocenters. The molecule has 0 radical (unpaired) electrons. The van der Waals surface area contributed by atoms with E-state index >= 15 is 0 Å². The van der Waals surface area contributed by atoms with E-state index in [-0.39, 0.29) is 5.82 Å². The molecule has 0 saturated heterocycles. The van der Waals surface area contributed by atoms with Crippen LogP contribution in [0.4, 0.5) is 4.39 Å². The Morgan fingerprint density at radius 1 is 1.35 bits per heavy atom. The summed E-state index contributed by atoms with van der Waals surface area (Å²) in [6, 6.07) is 5.88. The summed E-state index contributed by atoms with van der Waals surface area (Å²) < 4.78 is 19.0. The molecule has 1 aliphatic rings. The third kappa shape index (κ3) is 3.43. The number of benzene rings is 1. The molecule has 1 N–H and O–H groups in total. The minimum atomic E-state index is -0.242. The summed E-state index contributed by atoms with van der Waals surface area (Å²) in [5.74, 6) is 0.117. The van der Waals surface area contributed by atoms with Crippen molar-refractivity contribution in [2.75, 3.05) is 13.2 Å². The summed E-state index contributed by atoms with van der Waals surface area (Å²) in [4.78, 5) is 0. The van der Waals surface area contributed by atoms with Gasteiger partial charge >= 0.3 is 0 Å². The standard InChI is InChI=1S/C14H20FNO/c1-11-5-4-8-13(14(11)15)17-10-9-16-12-6-2-3-7-12/h4-5,8,12,16H,2-3,6-7,9-10H2,1H3. The van der Waals surface area contributed by atoms with Gasteiger partial charge in [0.15, 0.2) is 11.6 Å². The highest BCUT2D eigenvalue weighted by Crippen LogP contribution is 2.20. The van der Waals surface area contributed by atoms with Crippen molar-refractivity contribution in [1.29, 1.82) is 0 Å². The molecule has 1 aromatic rings. The van der Waals surface area contributed by atoms with E-state index in [0.717, 1.165) is 6.54 Å². The lowest BCUT2D eigenvalue weighted by molar-refractivity contribution is 0.291. The zero-order valence-corrected chi connectivity index (χ0v) is 10.3. The molecule has 94 valence electrons. The maximum atomic E-state index is 13.6. The predicted molar refractivity (Wildman–Crippen MR) is 66.9 cm³/mol. The molecule has 1 aliphatic carbocycles. The second-order valence-corrected chi connectivity index (χ2v) is 4.67. The molecule has 3 heteroatoms. The number of hydrogen-bond donors (Lipinski definition) is 1. The van der Waals surface area contributed by atoms with Crippen LogP contribution in [0.1, 0.15) is 31.2 Å². The van der Waals surface area contributed by atoms with Gasteiger partial charge in [0.05, 0.1) is 0 Å². The van der Waals surface area contributed by atoms with Gasteiger partial charge < -0.3 is 10.1 Å². The smallest absolute Gasteiger partial charge is 0.167 e. The zero-order valence-electron chi connectivity index (χ0n) is 10.3. The van der Waals surface area contributed by atoms with Crippen LogP contribution in [0.15, 0.2) is 18.2 Å². The monoisotopic (exact) mass is 237 g/mol. The molecule has 0 heterocycles. The second kappa shape index (κ2) is 6.01. The van der Waals surface area contributed by atoms with Crippen molar-refractivity contribution in [3.8, 4) is 5.75 Å². The Morgan fingerprint density at radius 3 is 2.88 bits per heavy atom. The Kier molecular flexibility index (Phi) is 4.37. The van der Waals surface area contributed by atoms with Gasteiger partial charge in [0, 0.05) is 12.6 Å². The third-order valence-corrected chi connectivity index (χ3v) is 3.30. The number of hydrogen-bond acceptors (Lipinski definition) is 2. The van der Waals surface area contributed by atoms with Crippen molar-refractivity contribution < 1.29 is 9.13 Å². The lowest BCUT2D eigenvalue weighted by atomic mass is 10.2. The Bertz CT molecular complexity index is 361. The van der Waals surface area contributed by atoms with E-state index < -0.39 is 0 Å². The first-order chi connectivity index (χ1) is 8.27. The number of nitrogens with one attached hydrogen (secondary N) is 1. The summed E-state index contributed by atoms with van der Waals surface area (Å²) in [6.07, 6.45) is 5.17. The topological polar surface area (TPSA) is 21.3 Å². The van der Waals surface area contributed by atoms with Gasteiger partial charge in [-0.1, -0.05) is 25.0 Å². The normalized spacial score (nSPS) is 16.4. The van der Waals surface area contributed by atoms with Crippen LogP contribution in [0.2, 0.25) is 0 Å². The fraction of sp³-hybridized carbons (Fsp3) is 0.571. The molecule has 17 heavy (non-hydrogen) atoms. The maximum absolute atomic E-state index is 13.6. The molecule has 2 rings (SSSR count). The maximum Gasteiger partial charge on any atom is 0.167 e. The Balaban J connectivity index is 1.72. The third-order valence-electron chi connectivity index (χ3n) is 3.30. The van der Waals surface area contributed by atoms with E-state index in [1.165, 1.54) is 25.7 Å². The average molecular weight is 237 g/mol. The van der Waals surface area contributed by atoms with Crippen molar-refractivity contribution in [1.82, 2.24) is 5.32 Å². The minimum Gasteiger partial charge on any atom is -0.489 e. The highest BCUT2D eigenvalue weighted by molar-refractivity contribution is 5.29. The minimum absolute atomic E-state index is 0.242. The number of aryl methyl sites for hydroxylation is 1. The molecule has 1 fully saturated rings. The molecule has 0 spiro atoms. The van der Waals surface area contributed by atoms with Gasteiger partial charge in [-0.2, -0.15) is 0 Å². The van der Waals surface area contributed by atoms with Crippen LogP contribution in [0.5, 0.6) is 5.75 Å². The molecule has 0 atom stereocenters. The van der Waals surface area contributed by atoms with E-state index in [2.05, 4.69) is 5.32 Å². The fourth-order valence-corrected chi connectivity index (χ4v) is 2.29.